The van der Waals surface area contributed by atoms with Gasteiger partial charge in [-0.2, -0.15) is 0 Å². The van der Waals surface area contributed by atoms with Crippen molar-refractivity contribution in [1.82, 2.24) is 0 Å². The number of benzene rings is 4. The van der Waals surface area contributed by atoms with Gasteiger partial charge in [-0.1, -0.05) is 54.6 Å². The highest BCUT2D eigenvalue weighted by molar-refractivity contribution is 6.14. The number of rotatable bonds is 3. The third kappa shape index (κ3) is 2.48. The number of hydrogen-bond acceptors (Lipinski definition) is 2. The lowest BCUT2D eigenvalue weighted by atomic mass is 9.91. The van der Waals surface area contributed by atoms with E-state index in [-0.39, 0.29) is 11.1 Å². The van der Waals surface area contributed by atoms with Crippen LogP contribution in [0, 0.1) is 0 Å². The van der Waals surface area contributed by atoms with Gasteiger partial charge in [-0.15, -0.1) is 0 Å². The maximum absolute atomic E-state index is 11.5. The number of carbonyl (C=O) groups is 2. The largest absolute Gasteiger partial charge is 0.478 e. The fraction of sp³-hybridized carbons (Fsp3) is 0. The zero-order chi connectivity index (χ0) is 18.3. The zero-order valence-corrected chi connectivity index (χ0v) is 13.6. The molecule has 0 fully saturated rings. The summed E-state index contributed by atoms with van der Waals surface area (Å²) in [5.41, 5.74) is 1.12. The molecular weight excluding hydrogens is 328 g/mol. The molecular formula is C22H14O4. The molecule has 0 aliphatic carbocycles. The molecule has 4 aromatic rings. The van der Waals surface area contributed by atoms with Crippen molar-refractivity contribution >= 4 is 33.5 Å². The number of fused-ring (bicyclic) bond motifs is 3. The molecule has 0 amide bonds. The van der Waals surface area contributed by atoms with Crippen molar-refractivity contribution in [2.75, 3.05) is 0 Å². The van der Waals surface area contributed by atoms with E-state index in [0.717, 1.165) is 27.1 Å². The van der Waals surface area contributed by atoms with Crippen molar-refractivity contribution in [2.24, 2.45) is 0 Å². The van der Waals surface area contributed by atoms with Gasteiger partial charge in [0.1, 0.15) is 0 Å². The minimum Gasteiger partial charge on any atom is -0.478 e. The summed E-state index contributed by atoms with van der Waals surface area (Å²) >= 11 is 0. The van der Waals surface area contributed by atoms with Gasteiger partial charge in [0.25, 0.3) is 0 Å². The van der Waals surface area contributed by atoms with Crippen molar-refractivity contribution in [3.8, 4) is 11.1 Å². The van der Waals surface area contributed by atoms with E-state index in [9.17, 15) is 19.8 Å². The number of hydrogen-bond donors (Lipinski definition) is 2. The molecule has 0 radical (unpaired) electrons. The molecule has 4 rings (SSSR count). The van der Waals surface area contributed by atoms with E-state index in [0.29, 0.717) is 5.56 Å². The van der Waals surface area contributed by atoms with Crippen LogP contribution in [-0.2, 0) is 0 Å². The Bertz CT molecular complexity index is 1190. The van der Waals surface area contributed by atoms with E-state index in [2.05, 4.69) is 6.07 Å². The Labute approximate surface area is 148 Å². The maximum atomic E-state index is 11.5. The predicted molar refractivity (Wildman–Crippen MR) is 101 cm³/mol. The van der Waals surface area contributed by atoms with E-state index in [1.807, 2.05) is 48.5 Å². The maximum Gasteiger partial charge on any atom is 0.336 e. The monoisotopic (exact) mass is 342 g/mol. The van der Waals surface area contributed by atoms with E-state index < -0.39 is 11.9 Å². The van der Waals surface area contributed by atoms with Gasteiger partial charge >= 0.3 is 11.9 Å². The Morgan fingerprint density at radius 2 is 1.23 bits per heavy atom. The smallest absolute Gasteiger partial charge is 0.336 e. The molecule has 0 saturated carbocycles. The van der Waals surface area contributed by atoms with Crippen LogP contribution in [0.5, 0.6) is 0 Å². The first-order chi connectivity index (χ1) is 12.6. The van der Waals surface area contributed by atoms with Crippen molar-refractivity contribution in [2.45, 2.75) is 0 Å². The minimum atomic E-state index is -1.26. The quantitative estimate of drug-likeness (QED) is 0.511. The first kappa shape index (κ1) is 15.8. The summed E-state index contributed by atoms with van der Waals surface area (Å²) in [4.78, 5) is 22.8. The van der Waals surface area contributed by atoms with E-state index in [1.165, 1.54) is 12.1 Å². The summed E-state index contributed by atoms with van der Waals surface area (Å²) in [6, 6.07) is 22.4. The molecule has 0 aliphatic heterocycles. The van der Waals surface area contributed by atoms with Crippen LogP contribution in [0.25, 0.3) is 32.7 Å². The highest BCUT2D eigenvalue weighted by atomic mass is 16.4. The molecule has 0 spiro atoms. The van der Waals surface area contributed by atoms with Crippen molar-refractivity contribution in [3.05, 3.63) is 83.9 Å². The second-order valence-electron chi connectivity index (χ2n) is 6.06. The molecule has 4 heteroatoms. The van der Waals surface area contributed by atoms with Crippen LogP contribution in [0.4, 0.5) is 0 Å². The number of carboxylic acids is 2. The Morgan fingerprint density at radius 3 is 1.92 bits per heavy atom. The summed E-state index contributed by atoms with van der Waals surface area (Å²) < 4.78 is 0. The zero-order valence-electron chi connectivity index (χ0n) is 13.6. The lowest BCUT2D eigenvalue weighted by Gasteiger charge is -2.12. The topological polar surface area (TPSA) is 74.6 Å². The van der Waals surface area contributed by atoms with Gasteiger partial charge in [-0.05, 0) is 50.9 Å². The SMILES string of the molecule is O=C(O)c1ccc(-c2cc3ccccc3c3ccccc23)cc1C(=O)O. The molecule has 4 nitrogen and oxygen atoms in total. The third-order valence-electron chi connectivity index (χ3n) is 4.56. The van der Waals surface area contributed by atoms with Crippen LogP contribution >= 0.6 is 0 Å². The van der Waals surface area contributed by atoms with Gasteiger partial charge < -0.3 is 10.2 Å². The molecule has 26 heavy (non-hydrogen) atoms. The minimum absolute atomic E-state index is 0.216. The second-order valence-corrected chi connectivity index (χ2v) is 6.06. The van der Waals surface area contributed by atoms with Gasteiger partial charge in [-0.3, -0.25) is 0 Å². The van der Waals surface area contributed by atoms with Crippen LogP contribution in [0.15, 0.2) is 72.8 Å². The average Bonchev–Trinajstić information content (AvgIpc) is 2.66. The third-order valence-corrected chi connectivity index (χ3v) is 4.56. The van der Waals surface area contributed by atoms with Crippen LogP contribution in [0.1, 0.15) is 20.7 Å². The molecule has 4 aromatic carbocycles. The normalized spacial score (nSPS) is 10.9. The van der Waals surface area contributed by atoms with Crippen LogP contribution in [-0.4, -0.2) is 22.2 Å². The molecule has 0 aromatic heterocycles. The van der Waals surface area contributed by atoms with Crippen LogP contribution in [0.3, 0.4) is 0 Å². The molecule has 0 heterocycles. The summed E-state index contributed by atoms with van der Waals surface area (Å²) in [5, 5.41) is 22.9. The standard InChI is InChI=1S/C22H14O4/c23-21(24)18-10-9-14(12-20(18)22(25)26)19-11-13-5-1-2-6-15(13)16-7-3-4-8-17(16)19/h1-12H,(H,23,24)(H,25,26). The molecule has 0 unspecified atom stereocenters. The Hall–Kier alpha value is -3.66. The summed E-state index contributed by atoms with van der Waals surface area (Å²) in [5.74, 6) is -2.51. The lowest BCUT2D eigenvalue weighted by molar-refractivity contribution is 0.0651. The van der Waals surface area contributed by atoms with Crippen molar-refractivity contribution in [1.29, 1.82) is 0 Å². The fourth-order valence-corrected chi connectivity index (χ4v) is 3.37. The molecule has 0 atom stereocenters. The van der Waals surface area contributed by atoms with Gasteiger partial charge in [0.05, 0.1) is 11.1 Å². The Morgan fingerprint density at radius 1 is 0.615 bits per heavy atom. The second kappa shape index (κ2) is 6.01. The first-order valence-corrected chi connectivity index (χ1v) is 8.08. The molecule has 0 bridgehead atoms. The highest BCUT2D eigenvalue weighted by Gasteiger charge is 2.18. The van der Waals surface area contributed by atoms with E-state index in [4.69, 9.17) is 0 Å². The van der Waals surface area contributed by atoms with Crippen LogP contribution in [0.2, 0.25) is 0 Å². The molecule has 0 aliphatic rings. The Kier molecular flexibility index (Phi) is 3.66. The van der Waals surface area contributed by atoms with Gasteiger partial charge in [0.15, 0.2) is 0 Å². The lowest BCUT2D eigenvalue weighted by Crippen LogP contribution is -2.08. The summed E-state index contributed by atoms with van der Waals surface area (Å²) in [6.07, 6.45) is 0. The number of aromatic carboxylic acids is 2. The van der Waals surface area contributed by atoms with Gasteiger partial charge in [-0.25, -0.2) is 9.59 Å². The average molecular weight is 342 g/mol. The highest BCUT2D eigenvalue weighted by Crippen LogP contribution is 2.35. The van der Waals surface area contributed by atoms with Crippen molar-refractivity contribution in [3.63, 3.8) is 0 Å². The Balaban J connectivity index is 2.06. The summed E-state index contributed by atoms with van der Waals surface area (Å²) in [6.45, 7) is 0. The fourth-order valence-electron chi connectivity index (χ4n) is 3.37. The summed E-state index contributed by atoms with van der Waals surface area (Å²) in [7, 11) is 0. The van der Waals surface area contributed by atoms with Gasteiger partial charge in [0.2, 0.25) is 0 Å². The number of carboxylic acid groups (broad SMARTS) is 2. The van der Waals surface area contributed by atoms with Gasteiger partial charge in [0, 0.05) is 0 Å². The predicted octanol–water partition coefficient (Wildman–Crippen LogP) is 5.06. The van der Waals surface area contributed by atoms with Crippen molar-refractivity contribution < 1.29 is 19.8 Å². The first-order valence-electron chi connectivity index (χ1n) is 8.08. The van der Waals surface area contributed by atoms with Crippen LogP contribution < -0.4 is 0 Å². The molecule has 0 saturated heterocycles. The van der Waals surface area contributed by atoms with E-state index >= 15 is 0 Å². The molecule has 126 valence electrons. The van der Waals surface area contributed by atoms with E-state index in [1.54, 1.807) is 6.07 Å². The molecule has 2 N–H and O–H groups in total.